The number of aryl methyl sites for hydroxylation is 2. The molecule has 6 rings (SSSR count). The minimum absolute atomic E-state index is 0.852. The fourth-order valence-electron chi connectivity index (χ4n) is 4.27. The molecule has 30 heavy (non-hydrogen) atoms. The number of hydrogen-bond acceptors (Lipinski definition) is 3. The van der Waals surface area contributed by atoms with Crippen LogP contribution in [0.5, 0.6) is 0 Å². The van der Waals surface area contributed by atoms with Crippen LogP contribution < -0.4 is 0 Å². The molecule has 0 unspecified atom stereocenters. The number of hydrogen-bond donors (Lipinski definition) is 0. The first kappa shape index (κ1) is 17.0. The quantitative estimate of drug-likeness (QED) is 0.335. The van der Waals surface area contributed by atoms with E-state index in [1.165, 1.54) is 11.1 Å². The summed E-state index contributed by atoms with van der Waals surface area (Å²) >= 11 is 0. The lowest BCUT2D eigenvalue weighted by Crippen LogP contribution is -1.98. The molecule has 3 aromatic heterocycles. The van der Waals surface area contributed by atoms with Crippen molar-refractivity contribution in [1.29, 1.82) is 0 Å². The number of pyridine rings is 1. The highest BCUT2D eigenvalue weighted by Crippen LogP contribution is 2.39. The summed E-state index contributed by atoms with van der Waals surface area (Å²) in [5, 5.41) is 2.28. The number of imidazole rings is 1. The van der Waals surface area contributed by atoms with Gasteiger partial charge in [-0.05, 0) is 55.3 Å². The monoisotopic (exact) mass is 389 g/mol. The molecule has 0 N–H and O–H groups in total. The summed E-state index contributed by atoms with van der Waals surface area (Å²) in [7, 11) is 0. The van der Waals surface area contributed by atoms with Crippen molar-refractivity contribution in [2.45, 2.75) is 13.8 Å². The molecular weight excluding hydrogens is 370 g/mol. The Balaban J connectivity index is 1.75. The van der Waals surface area contributed by atoms with E-state index in [-0.39, 0.29) is 0 Å². The minimum atomic E-state index is 0.852. The predicted octanol–water partition coefficient (Wildman–Crippen LogP) is 6.60. The Morgan fingerprint density at radius 1 is 0.900 bits per heavy atom. The summed E-state index contributed by atoms with van der Waals surface area (Å²) in [5.41, 5.74) is 8.06. The molecule has 0 saturated heterocycles. The Hall–Kier alpha value is -3.92. The minimum Gasteiger partial charge on any atom is -0.455 e. The van der Waals surface area contributed by atoms with Gasteiger partial charge in [-0.1, -0.05) is 36.4 Å². The van der Waals surface area contributed by atoms with Crippen LogP contribution in [0.25, 0.3) is 50.0 Å². The standard InChI is InChI=1S/C26H19N3O/c1-16-8-10-19-23(14-16)30-25-20(11-9-17(2)24(19)25)26-28-21-12-13-27-15-22(21)29(26)18-6-4-3-5-7-18/h3-15H,1-2H3. The highest BCUT2D eigenvalue weighted by molar-refractivity contribution is 6.11. The maximum atomic E-state index is 6.42. The van der Waals surface area contributed by atoms with Crippen molar-refractivity contribution in [2.75, 3.05) is 0 Å². The zero-order valence-electron chi connectivity index (χ0n) is 16.8. The van der Waals surface area contributed by atoms with Gasteiger partial charge in [-0.15, -0.1) is 0 Å². The average Bonchev–Trinajstić information content (AvgIpc) is 3.33. The largest absolute Gasteiger partial charge is 0.455 e. The number of nitrogens with zero attached hydrogens (tertiary/aromatic N) is 3. The predicted molar refractivity (Wildman–Crippen MR) is 121 cm³/mol. The first-order chi connectivity index (χ1) is 14.7. The maximum Gasteiger partial charge on any atom is 0.149 e. The zero-order valence-corrected chi connectivity index (χ0v) is 16.8. The van der Waals surface area contributed by atoms with Crippen LogP contribution in [0.1, 0.15) is 11.1 Å². The summed E-state index contributed by atoms with van der Waals surface area (Å²) in [5.74, 6) is 0.852. The Labute approximate surface area is 173 Å². The van der Waals surface area contributed by atoms with Crippen molar-refractivity contribution >= 4 is 33.0 Å². The van der Waals surface area contributed by atoms with Gasteiger partial charge in [0.05, 0.1) is 22.8 Å². The number of rotatable bonds is 2. The lowest BCUT2D eigenvalue weighted by Gasteiger charge is -2.10. The molecule has 3 aromatic carbocycles. The van der Waals surface area contributed by atoms with E-state index in [2.05, 4.69) is 65.9 Å². The molecule has 0 atom stereocenters. The normalized spacial score (nSPS) is 11.7. The van der Waals surface area contributed by atoms with Crippen molar-refractivity contribution in [3.63, 3.8) is 0 Å². The van der Waals surface area contributed by atoms with Crippen molar-refractivity contribution in [3.05, 3.63) is 90.3 Å². The maximum absolute atomic E-state index is 6.42. The molecule has 144 valence electrons. The molecule has 0 amide bonds. The van der Waals surface area contributed by atoms with Gasteiger partial charge in [0.25, 0.3) is 0 Å². The number of furan rings is 1. The third-order valence-electron chi connectivity index (χ3n) is 5.70. The first-order valence-corrected chi connectivity index (χ1v) is 10.0. The number of benzene rings is 3. The van der Waals surface area contributed by atoms with E-state index in [1.54, 1.807) is 6.20 Å². The van der Waals surface area contributed by atoms with Gasteiger partial charge in [-0.25, -0.2) is 4.98 Å². The highest BCUT2D eigenvalue weighted by Gasteiger charge is 2.20. The number of aromatic nitrogens is 3. The highest BCUT2D eigenvalue weighted by atomic mass is 16.3. The smallest absolute Gasteiger partial charge is 0.149 e. The molecule has 0 aliphatic rings. The van der Waals surface area contributed by atoms with Gasteiger partial charge in [0.2, 0.25) is 0 Å². The van der Waals surface area contributed by atoms with Gasteiger partial charge in [0, 0.05) is 22.7 Å². The van der Waals surface area contributed by atoms with Crippen molar-refractivity contribution < 1.29 is 4.42 Å². The van der Waals surface area contributed by atoms with Crippen LogP contribution >= 0.6 is 0 Å². The number of para-hydroxylation sites is 1. The Bertz CT molecular complexity index is 1560. The second kappa shape index (κ2) is 6.29. The molecule has 0 aliphatic carbocycles. The van der Waals surface area contributed by atoms with E-state index >= 15 is 0 Å². The van der Waals surface area contributed by atoms with E-state index in [9.17, 15) is 0 Å². The van der Waals surface area contributed by atoms with Crippen LogP contribution in [0, 0.1) is 13.8 Å². The fraction of sp³-hybridized carbons (Fsp3) is 0.0769. The second-order valence-corrected chi connectivity index (χ2v) is 7.71. The van der Waals surface area contributed by atoms with E-state index in [0.717, 1.165) is 50.0 Å². The van der Waals surface area contributed by atoms with Crippen LogP contribution in [0.4, 0.5) is 0 Å². The lowest BCUT2D eigenvalue weighted by atomic mass is 10.0. The second-order valence-electron chi connectivity index (χ2n) is 7.71. The zero-order chi connectivity index (χ0) is 20.2. The van der Waals surface area contributed by atoms with Crippen LogP contribution in [-0.2, 0) is 0 Å². The molecule has 0 aliphatic heterocycles. The van der Waals surface area contributed by atoms with Crippen molar-refractivity contribution in [3.8, 4) is 17.1 Å². The SMILES string of the molecule is Cc1ccc2c(c1)oc1c(-c3nc4ccncc4n3-c3ccccc3)ccc(C)c12. The van der Waals surface area contributed by atoms with Gasteiger partial charge in [0.15, 0.2) is 0 Å². The van der Waals surface area contributed by atoms with Gasteiger partial charge in [-0.3, -0.25) is 9.55 Å². The molecular formula is C26H19N3O. The van der Waals surface area contributed by atoms with E-state index in [0.29, 0.717) is 0 Å². The Morgan fingerprint density at radius 3 is 2.63 bits per heavy atom. The summed E-state index contributed by atoms with van der Waals surface area (Å²) in [6.45, 7) is 4.22. The molecule has 3 heterocycles. The van der Waals surface area contributed by atoms with Crippen LogP contribution in [0.3, 0.4) is 0 Å². The van der Waals surface area contributed by atoms with E-state index in [4.69, 9.17) is 9.40 Å². The lowest BCUT2D eigenvalue weighted by molar-refractivity contribution is 0.669. The van der Waals surface area contributed by atoms with Gasteiger partial charge < -0.3 is 4.42 Å². The Kier molecular flexibility index (Phi) is 3.56. The Morgan fingerprint density at radius 2 is 1.77 bits per heavy atom. The third kappa shape index (κ3) is 2.40. The molecule has 0 fully saturated rings. The van der Waals surface area contributed by atoms with Crippen molar-refractivity contribution in [1.82, 2.24) is 14.5 Å². The summed E-state index contributed by atoms with van der Waals surface area (Å²) in [6.07, 6.45) is 3.65. The van der Waals surface area contributed by atoms with E-state index in [1.807, 2.05) is 30.5 Å². The van der Waals surface area contributed by atoms with Gasteiger partial charge in [0.1, 0.15) is 17.0 Å². The molecule has 0 bridgehead atoms. The molecule has 0 radical (unpaired) electrons. The van der Waals surface area contributed by atoms with Gasteiger partial charge in [-0.2, -0.15) is 0 Å². The molecule has 6 aromatic rings. The van der Waals surface area contributed by atoms with Gasteiger partial charge >= 0.3 is 0 Å². The number of fused-ring (bicyclic) bond motifs is 4. The third-order valence-corrected chi connectivity index (χ3v) is 5.70. The van der Waals surface area contributed by atoms with Crippen LogP contribution in [-0.4, -0.2) is 14.5 Å². The molecule has 0 saturated carbocycles. The molecule has 4 heteroatoms. The first-order valence-electron chi connectivity index (χ1n) is 10.0. The average molecular weight is 389 g/mol. The molecule has 0 spiro atoms. The fourth-order valence-corrected chi connectivity index (χ4v) is 4.27. The van der Waals surface area contributed by atoms with Crippen LogP contribution in [0.15, 0.2) is 83.5 Å². The van der Waals surface area contributed by atoms with E-state index < -0.39 is 0 Å². The van der Waals surface area contributed by atoms with Crippen molar-refractivity contribution in [2.24, 2.45) is 0 Å². The summed E-state index contributed by atoms with van der Waals surface area (Å²) in [6, 6.07) is 22.9. The summed E-state index contributed by atoms with van der Waals surface area (Å²) in [4.78, 5) is 9.33. The van der Waals surface area contributed by atoms with Crippen LogP contribution in [0.2, 0.25) is 0 Å². The topological polar surface area (TPSA) is 43.9 Å². The molecule has 4 nitrogen and oxygen atoms in total. The summed E-state index contributed by atoms with van der Waals surface area (Å²) < 4.78 is 8.58.